The zero-order chi connectivity index (χ0) is 12.3. The minimum Gasteiger partial charge on any atom is -0.206 e. The molecule has 1 heterocycles. The van der Waals surface area contributed by atoms with Gasteiger partial charge in [-0.1, -0.05) is 29.8 Å². The van der Waals surface area contributed by atoms with Crippen molar-refractivity contribution in [1.82, 2.24) is 0 Å². The fraction of sp³-hybridized carbons (Fsp3) is 0. The Morgan fingerprint density at radius 2 is 2.06 bits per heavy atom. The van der Waals surface area contributed by atoms with Crippen LogP contribution in [0.5, 0.6) is 0 Å². The Bertz CT molecular complexity index is 610. The van der Waals surface area contributed by atoms with E-state index in [9.17, 15) is 4.39 Å². The summed E-state index contributed by atoms with van der Waals surface area (Å²) < 4.78 is 14.2. The van der Waals surface area contributed by atoms with Crippen LogP contribution in [-0.4, -0.2) is 0 Å². The quantitative estimate of drug-likeness (QED) is 0.726. The number of hydrogen-bond donors (Lipinski definition) is 0. The second-order valence-electron chi connectivity index (χ2n) is 3.29. The average Bonchev–Trinajstić information content (AvgIpc) is 2.73. The molecule has 0 bridgehead atoms. The zero-order valence-electron chi connectivity index (χ0n) is 8.65. The lowest BCUT2D eigenvalue weighted by Gasteiger charge is -1.99. The van der Waals surface area contributed by atoms with Gasteiger partial charge < -0.3 is 0 Å². The van der Waals surface area contributed by atoms with E-state index >= 15 is 0 Å². The molecule has 2 aromatic rings. The highest BCUT2D eigenvalue weighted by molar-refractivity contribution is 7.17. The van der Waals surface area contributed by atoms with Crippen LogP contribution in [0, 0.1) is 17.1 Å². The first-order chi connectivity index (χ1) is 8.20. The predicted molar refractivity (Wildman–Crippen MR) is 69.2 cm³/mol. The van der Waals surface area contributed by atoms with Gasteiger partial charge in [0.15, 0.2) is 0 Å². The number of nitrogens with zero attached hydrogens (tertiary/aromatic N) is 1. The zero-order valence-corrected chi connectivity index (χ0v) is 10.2. The van der Waals surface area contributed by atoms with Crippen LogP contribution < -0.4 is 0 Å². The van der Waals surface area contributed by atoms with E-state index in [-0.39, 0.29) is 0 Å². The molecule has 0 N–H and O–H groups in total. The number of rotatable bonds is 2. The normalized spacial score (nSPS) is 11.2. The van der Waals surface area contributed by atoms with Gasteiger partial charge in [-0.2, -0.15) is 5.26 Å². The molecule has 0 saturated heterocycles. The third kappa shape index (κ3) is 2.73. The number of halogens is 2. The summed E-state index contributed by atoms with van der Waals surface area (Å²) in [6, 6.07) is 11.8. The summed E-state index contributed by atoms with van der Waals surface area (Å²) in [5.74, 6) is -0.400. The summed E-state index contributed by atoms with van der Waals surface area (Å²) in [5.41, 5.74) is 0.598. The summed E-state index contributed by atoms with van der Waals surface area (Å²) in [6.07, 6.45) is 1.63. The van der Waals surface area contributed by atoms with Crippen molar-refractivity contribution in [3.05, 3.63) is 57.0 Å². The molecule has 0 aliphatic heterocycles. The van der Waals surface area contributed by atoms with Gasteiger partial charge in [0.1, 0.15) is 5.82 Å². The van der Waals surface area contributed by atoms with E-state index in [2.05, 4.69) is 0 Å². The molecule has 0 aliphatic carbocycles. The monoisotopic (exact) mass is 263 g/mol. The summed E-state index contributed by atoms with van der Waals surface area (Å²) in [4.78, 5) is 0.829. The standard InChI is InChI=1S/C13H7ClFNS/c14-13-6-5-10(17-13)7-9(8-16)11-3-1-2-4-12(11)15/h1-7H/b9-7-. The van der Waals surface area contributed by atoms with Crippen molar-refractivity contribution in [3.8, 4) is 6.07 Å². The predicted octanol–water partition coefficient (Wildman–Crippen LogP) is 4.60. The molecule has 1 aromatic carbocycles. The third-order valence-electron chi connectivity index (χ3n) is 2.17. The van der Waals surface area contributed by atoms with E-state index < -0.39 is 5.82 Å². The minimum absolute atomic E-state index is 0.293. The van der Waals surface area contributed by atoms with Crippen LogP contribution in [0.2, 0.25) is 4.34 Å². The summed E-state index contributed by atoms with van der Waals surface area (Å²) in [7, 11) is 0. The molecule has 4 heteroatoms. The number of allylic oxidation sites excluding steroid dienone is 1. The molecule has 0 spiro atoms. The molecule has 84 valence electrons. The van der Waals surface area contributed by atoms with Gasteiger partial charge in [-0.25, -0.2) is 4.39 Å². The van der Waals surface area contributed by atoms with Gasteiger partial charge in [-0.05, 0) is 24.3 Å². The molecule has 0 fully saturated rings. The van der Waals surface area contributed by atoms with Crippen LogP contribution in [0.25, 0.3) is 11.6 Å². The molecule has 0 saturated carbocycles. The van der Waals surface area contributed by atoms with E-state index in [1.807, 2.05) is 6.07 Å². The van der Waals surface area contributed by atoms with Crippen molar-refractivity contribution in [3.63, 3.8) is 0 Å². The number of benzene rings is 1. The van der Waals surface area contributed by atoms with Crippen LogP contribution in [0.1, 0.15) is 10.4 Å². The highest BCUT2D eigenvalue weighted by Crippen LogP contribution is 2.26. The van der Waals surface area contributed by atoms with Crippen LogP contribution in [0.3, 0.4) is 0 Å². The smallest absolute Gasteiger partial charge is 0.131 e. The molecule has 1 nitrogen and oxygen atoms in total. The van der Waals surface area contributed by atoms with Crippen molar-refractivity contribution in [2.75, 3.05) is 0 Å². The number of thiophene rings is 1. The maximum atomic E-state index is 13.5. The Labute approximate surface area is 107 Å². The Kier molecular flexibility index (Phi) is 3.58. The molecule has 0 amide bonds. The summed E-state index contributed by atoms with van der Waals surface area (Å²) >= 11 is 7.14. The fourth-order valence-electron chi connectivity index (χ4n) is 1.40. The van der Waals surface area contributed by atoms with Gasteiger partial charge in [-0.3, -0.25) is 0 Å². The van der Waals surface area contributed by atoms with Gasteiger partial charge >= 0.3 is 0 Å². The van der Waals surface area contributed by atoms with Crippen LogP contribution in [-0.2, 0) is 0 Å². The van der Waals surface area contributed by atoms with Crippen molar-refractivity contribution >= 4 is 34.6 Å². The second kappa shape index (κ2) is 5.13. The van der Waals surface area contributed by atoms with Crippen LogP contribution >= 0.6 is 22.9 Å². The molecule has 0 aliphatic rings. The first kappa shape index (κ1) is 11.8. The molecule has 2 rings (SSSR count). The molecule has 0 radical (unpaired) electrons. The lowest BCUT2D eigenvalue weighted by molar-refractivity contribution is 0.624. The molecule has 1 aromatic heterocycles. The molecule has 17 heavy (non-hydrogen) atoms. The van der Waals surface area contributed by atoms with Crippen LogP contribution in [0.4, 0.5) is 4.39 Å². The lowest BCUT2D eigenvalue weighted by Crippen LogP contribution is -1.86. The summed E-state index contributed by atoms with van der Waals surface area (Å²) in [6.45, 7) is 0. The SMILES string of the molecule is N#C/C(=C/c1ccc(Cl)s1)c1ccccc1F. The fourth-order valence-corrected chi connectivity index (χ4v) is 2.40. The van der Waals surface area contributed by atoms with Gasteiger partial charge in [-0.15, -0.1) is 11.3 Å². The first-order valence-electron chi connectivity index (χ1n) is 4.83. The summed E-state index contributed by atoms with van der Waals surface area (Å²) in [5, 5.41) is 9.06. The van der Waals surface area contributed by atoms with Crippen molar-refractivity contribution < 1.29 is 4.39 Å². The van der Waals surface area contributed by atoms with E-state index in [4.69, 9.17) is 16.9 Å². The highest BCUT2D eigenvalue weighted by Gasteiger charge is 2.07. The van der Waals surface area contributed by atoms with E-state index in [0.717, 1.165) is 4.88 Å². The van der Waals surface area contributed by atoms with Gasteiger partial charge in [0, 0.05) is 10.4 Å². The molecule has 0 unspecified atom stereocenters. The third-order valence-corrected chi connectivity index (χ3v) is 3.34. The van der Waals surface area contributed by atoms with E-state index in [1.54, 1.807) is 36.4 Å². The molecular weight excluding hydrogens is 257 g/mol. The first-order valence-corrected chi connectivity index (χ1v) is 6.02. The Morgan fingerprint density at radius 1 is 1.29 bits per heavy atom. The van der Waals surface area contributed by atoms with Crippen molar-refractivity contribution in [2.45, 2.75) is 0 Å². The van der Waals surface area contributed by atoms with Crippen LogP contribution in [0.15, 0.2) is 36.4 Å². The van der Waals surface area contributed by atoms with Gasteiger partial charge in [0.2, 0.25) is 0 Å². The second-order valence-corrected chi connectivity index (χ2v) is 5.04. The van der Waals surface area contributed by atoms with Crippen molar-refractivity contribution in [1.29, 1.82) is 5.26 Å². The topological polar surface area (TPSA) is 23.8 Å². The lowest BCUT2D eigenvalue weighted by atomic mass is 10.1. The van der Waals surface area contributed by atoms with E-state index in [1.165, 1.54) is 17.4 Å². The Morgan fingerprint density at radius 3 is 2.65 bits per heavy atom. The molecule has 0 atom stereocenters. The Hall–Kier alpha value is -1.63. The number of hydrogen-bond acceptors (Lipinski definition) is 2. The average molecular weight is 264 g/mol. The maximum Gasteiger partial charge on any atom is 0.131 e. The van der Waals surface area contributed by atoms with Gasteiger partial charge in [0.05, 0.1) is 16.0 Å². The number of nitriles is 1. The van der Waals surface area contributed by atoms with E-state index in [0.29, 0.717) is 15.5 Å². The van der Waals surface area contributed by atoms with Crippen molar-refractivity contribution in [2.24, 2.45) is 0 Å². The highest BCUT2D eigenvalue weighted by atomic mass is 35.5. The van der Waals surface area contributed by atoms with Gasteiger partial charge in [0.25, 0.3) is 0 Å². The largest absolute Gasteiger partial charge is 0.206 e. The molecular formula is C13H7ClFNS. The maximum absolute atomic E-state index is 13.5. The Balaban J connectivity index is 2.45. The minimum atomic E-state index is -0.400.